The molecular formula is C14H21NO5S. The van der Waals surface area contributed by atoms with E-state index in [1.807, 2.05) is 0 Å². The molecule has 0 aromatic heterocycles. The van der Waals surface area contributed by atoms with Gasteiger partial charge in [-0.15, -0.1) is 0 Å². The third-order valence-corrected chi connectivity index (χ3v) is 4.37. The molecule has 0 aliphatic carbocycles. The summed E-state index contributed by atoms with van der Waals surface area (Å²) in [5, 5.41) is 3.07. The van der Waals surface area contributed by atoms with Crippen molar-refractivity contribution in [3.8, 4) is 0 Å². The Morgan fingerprint density at radius 1 is 1.24 bits per heavy atom. The van der Waals surface area contributed by atoms with Gasteiger partial charge in [0.05, 0.1) is 18.6 Å². The molecule has 0 aliphatic rings. The van der Waals surface area contributed by atoms with E-state index in [9.17, 15) is 13.2 Å². The molecule has 21 heavy (non-hydrogen) atoms. The Kier molecular flexibility index (Phi) is 5.88. The number of benzene rings is 1. The lowest BCUT2D eigenvalue weighted by Gasteiger charge is -2.28. The number of ether oxygens (including phenoxy) is 2. The molecule has 0 aliphatic heterocycles. The van der Waals surface area contributed by atoms with Crippen molar-refractivity contribution in [2.75, 3.05) is 33.6 Å². The van der Waals surface area contributed by atoms with Gasteiger partial charge in [0.15, 0.2) is 9.84 Å². The number of esters is 1. The van der Waals surface area contributed by atoms with Gasteiger partial charge in [-0.1, -0.05) is 12.1 Å². The van der Waals surface area contributed by atoms with E-state index in [0.29, 0.717) is 18.7 Å². The molecule has 118 valence electrons. The van der Waals surface area contributed by atoms with Crippen LogP contribution in [0.3, 0.4) is 0 Å². The van der Waals surface area contributed by atoms with Crippen molar-refractivity contribution in [1.82, 2.24) is 5.32 Å². The molecule has 0 heterocycles. The van der Waals surface area contributed by atoms with Gasteiger partial charge in [0.2, 0.25) is 0 Å². The van der Waals surface area contributed by atoms with Gasteiger partial charge in [0, 0.05) is 19.9 Å². The van der Waals surface area contributed by atoms with Crippen molar-refractivity contribution in [2.24, 2.45) is 0 Å². The predicted molar refractivity (Wildman–Crippen MR) is 78.8 cm³/mol. The van der Waals surface area contributed by atoms with Gasteiger partial charge >= 0.3 is 5.97 Å². The van der Waals surface area contributed by atoms with Gasteiger partial charge in [-0.2, -0.15) is 0 Å². The van der Waals surface area contributed by atoms with Crippen molar-refractivity contribution in [1.29, 1.82) is 0 Å². The molecule has 7 heteroatoms. The Bertz CT molecular complexity index is 582. The molecule has 0 bridgehead atoms. The maximum atomic E-state index is 12.1. The van der Waals surface area contributed by atoms with E-state index in [4.69, 9.17) is 9.47 Å². The van der Waals surface area contributed by atoms with E-state index < -0.39 is 21.3 Å². The first kappa shape index (κ1) is 17.6. The highest BCUT2D eigenvalue weighted by molar-refractivity contribution is 7.90. The fraction of sp³-hybridized carbons (Fsp3) is 0.500. The van der Waals surface area contributed by atoms with Gasteiger partial charge in [0.25, 0.3) is 0 Å². The summed E-state index contributed by atoms with van der Waals surface area (Å²) in [6.07, 6.45) is 1.14. The van der Waals surface area contributed by atoms with Crippen LogP contribution in [0.25, 0.3) is 0 Å². The first-order valence-electron chi connectivity index (χ1n) is 6.38. The Morgan fingerprint density at radius 2 is 1.81 bits per heavy atom. The van der Waals surface area contributed by atoms with Crippen LogP contribution in [-0.2, 0) is 29.6 Å². The number of rotatable bonds is 7. The number of nitrogens with one attached hydrogen (secondary N) is 1. The highest BCUT2D eigenvalue weighted by Crippen LogP contribution is 2.24. The average Bonchev–Trinajstić information content (AvgIpc) is 2.45. The molecule has 1 N–H and O–H groups in total. The first-order chi connectivity index (χ1) is 9.75. The second kappa shape index (κ2) is 7.02. The number of carbonyl (C=O) groups is 1. The van der Waals surface area contributed by atoms with Crippen LogP contribution in [0.15, 0.2) is 29.2 Å². The quantitative estimate of drug-likeness (QED) is 0.590. The molecular weight excluding hydrogens is 294 g/mol. The number of hydrogen-bond donors (Lipinski definition) is 1. The third kappa shape index (κ3) is 4.26. The van der Waals surface area contributed by atoms with Crippen LogP contribution in [0, 0.1) is 0 Å². The van der Waals surface area contributed by atoms with Crippen LogP contribution < -0.4 is 5.32 Å². The highest BCUT2D eigenvalue weighted by Gasteiger charge is 2.35. The molecule has 0 saturated carbocycles. The Labute approximate surface area is 125 Å². The van der Waals surface area contributed by atoms with Crippen molar-refractivity contribution >= 4 is 15.8 Å². The Hall–Kier alpha value is -1.44. The summed E-state index contributed by atoms with van der Waals surface area (Å²) in [4.78, 5) is 12.3. The molecule has 0 fully saturated rings. The molecule has 0 spiro atoms. The fourth-order valence-electron chi connectivity index (χ4n) is 1.93. The maximum Gasteiger partial charge on any atom is 0.330 e. The van der Waals surface area contributed by atoms with E-state index >= 15 is 0 Å². The Morgan fingerprint density at radius 3 is 2.24 bits per heavy atom. The van der Waals surface area contributed by atoms with Crippen LogP contribution in [-0.4, -0.2) is 48.0 Å². The van der Waals surface area contributed by atoms with Gasteiger partial charge in [0.1, 0.15) is 5.54 Å². The van der Waals surface area contributed by atoms with Crippen LogP contribution in [0.2, 0.25) is 0 Å². The molecule has 1 aromatic rings. The molecule has 6 nitrogen and oxygen atoms in total. The lowest BCUT2D eigenvalue weighted by molar-refractivity contribution is -0.148. The van der Waals surface area contributed by atoms with E-state index in [0.717, 1.165) is 6.26 Å². The largest absolute Gasteiger partial charge is 0.467 e. The summed E-state index contributed by atoms with van der Waals surface area (Å²) in [6.45, 7) is 2.58. The lowest BCUT2D eigenvalue weighted by atomic mass is 9.92. The summed E-state index contributed by atoms with van der Waals surface area (Å²) in [5.74, 6) is -0.453. The van der Waals surface area contributed by atoms with Crippen LogP contribution >= 0.6 is 0 Å². The van der Waals surface area contributed by atoms with E-state index in [-0.39, 0.29) is 4.90 Å². The zero-order valence-corrected chi connectivity index (χ0v) is 13.5. The van der Waals surface area contributed by atoms with Crippen LogP contribution in [0.5, 0.6) is 0 Å². The standard InChI is InChI=1S/C14H21NO5S/c1-14(13(16)20-3,15-9-10-19-2)11-5-7-12(8-6-11)21(4,17)18/h5-8,15H,9-10H2,1-4H3. The number of hydrogen-bond acceptors (Lipinski definition) is 6. The minimum Gasteiger partial charge on any atom is -0.467 e. The normalized spacial score (nSPS) is 14.5. The van der Waals surface area contributed by atoms with Crippen molar-refractivity contribution < 1.29 is 22.7 Å². The molecule has 1 unspecified atom stereocenters. The molecule has 0 amide bonds. The molecule has 1 atom stereocenters. The SMILES string of the molecule is COCCNC(C)(C(=O)OC)c1ccc(S(C)(=O)=O)cc1. The number of methoxy groups -OCH3 is 2. The zero-order valence-electron chi connectivity index (χ0n) is 12.7. The monoisotopic (exact) mass is 315 g/mol. The van der Waals surface area contributed by atoms with E-state index in [2.05, 4.69) is 5.32 Å². The fourth-order valence-corrected chi connectivity index (χ4v) is 2.57. The predicted octanol–water partition coefficient (Wildman–Crippen LogP) is 0.714. The number of carbonyl (C=O) groups excluding carboxylic acids is 1. The van der Waals surface area contributed by atoms with Gasteiger partial charge < -0.3 is 9.47 Å². The third-order valence-electron chi connectivity index (χ3n) is 3.24. The topological polar surface area (TPSA) is 81.7 Å². The Balaban J connectivity index is 3.11. The van der Waals surface area contributed by atoms with Gasteiger partial charge in [-0.25, -0.2) is 13.2 Å². The summed E-state index contributed by atoms with van der Waals surface area (Å²) >= 11 is 0. The molecule has 0 radical (unpaired) electrons. The van der Waals surface area contributed by atoms with Crippen LogP contribution in [0.4, 0.5) is 0 Å². The zero-order chi connectivity index (χ0) is 16.1. The second-order valence-electron chi connectivity index (χ2n) is 4.83. The lowest BCUT2D eigenvalue weighted by Crippen LogP contribution is -2.48. The van der Waals surface area contributed by atoms with E-state index in [1.54, 1.807) is 26.2 Å². The van der Waals surface area contributed by atoms with Crippen molar-refractivity contribution in [2.45, 2.75) is 17.4 Å². The average molecular weight is 315 g/mol. The summed E-state index contributed by atoms with van der Waals surface area (Å²) in [6, 6.07) is 6.16. The summed E-state index contributed by atoms with van der Waals surface area (Å²) in [5.41, 5.74) is -0.443. The molecule has 1 aromatic carbocycles. The van der Waals surface area contributed by atoms with Crippen molar-refractivity contribution in [3.63, 3.8) is 0 Å². The first-order valence-corrected chi connectivity index (χ1v) is 8.28. The van der Waals surface area contributed by atoms with E-state index in [1.165, 1.54) is 19.2 Å². The van der Waals surface area contributed by atoms with Crippen LogP contribution in [0.1, 0.15) is 12.5 Å². The van der Waals surface area contributed by atoms with Gasteiger partial charge in [-0.05, 0) is 24.6 Å². The molecule has 1 rings (SSSR count). The van der Waals surface area contributed by atoms with Gasteiger partial charge in [-0.3, -0.25) is 5.32 Å². The van der Waals surface area contributed by atoms with Crippen molar-refractivity contribution in [3.05, 3.63) is 29.8 Å². The minimum absolute atomic E-state index is 0.204. The smallest absolute Gasteiger partial charge is 0.330 e. The maximum absolute atomic E-state index is 12.1. The molecule has 0 saturated heterocycles. The summed E-state index contributed by atoms with van der Waals surface area (Å²) in [7, 11) is -0.392. The highest BCUT2D eigenvalue weighted by atomic mass is 32.2. The second-order valence-corrected chi connectivity index (χ2v) is 6.85. The minimum atomic E-state index is -3.27. The number of sulfone groups is 1. The summed E-state index contributed by atoms with van der Waals surface area (Å²) < 4.78 is 32.7.